The van der Waals surface area contributed by atoms with Gasteiger partial charge in [0.25, 0.3) is 0 Å². The predicted octanol–water partition coefficient (Wildman–Crippen LogP) is 3.33. The zero-order valence-corrected chi connectivity index (χ0v) is 14.2. The standard InChI is InChI=1S/C19H20N4O2/c1-13-16-11-14(5-4-10-23(25)19(20)24)7-8-17(16)22(2)18(13)15-6-3-9-21-12-15/h3-9,11-12,25H,10H2,1-2H3,(H2,20,24). The maximum absolute atomic E-state index is 10.8. The molecule has 2 aromatic heterocycles. The van der Waals surface area contributed by atoms with Crippen LogP contribution in [0.5, 0.6) is 0 Å². The number of nitrogens with zero attached hydrogens (tertiary/aromatic N) is 3. The molecule has 0 saturated carbocycles. The molecule has 3 rings (SSSR count). The number of amides is 2. The first-order chi connectivity index (χ1) is 12.0. The quantitative estimate of drug-likeness (QED) is 0.566. The van der Waals surface area contributed by atoms with Gasteiger partial charge in [-0.05, 0) is 42.3 Å². The molecule has 0 saturated heterocycles. The number of nitrogens with two attached hydrogens (primary N) is 1. The van der Waals surface area contributed by atoms with Gasteiger partial charge in [-0.1, -0.05) is 18.2 Å². The van der Waals surface area contributed by atoms with Crippen LogP contribution in [0.1, 0.15) is 11.1 Å². The van der Waals surface area contributed by atoms with E-state index in [1.807, 2.05) is 31.5 Å². The van der Waals surface area contributed by atoms with E-state index in [1.54, 1.807) is 12.3 Å². The molecule has 3 N–H and O–H groups in total. The number of hydrogen-bond acceptors (Lipinski definition) is 3. The average molecular weight is 336 g/mol. The van der Waals surface area contributed by atoms with E-state index < -0.39 is 6.03 Å². The molecule has 3 aromatic rings. The fourth-order valence-electron chi connectivity index (χ4n) is 3.04. The molecule has 1 aromatic carbocycles. The van der Waals surface area contributed by atoms with Crippen LogP contribution in [-0.4, -0.2) is 32.4 Å². The predicted molar refractivity (Wildman–Crippen MR) is 98.0 cm³/mol. The fourth-order valence-corrected chi connectivity index (χ4v) is 3.04. The van der Waals surface area contributed by atoms with E-state index in [4.69, 9.17) is 5.73 Å². The third-order valence-electron chi connectivity index (χ3n) is 4.25. The molecule has 25 heavy (non-hydrogen) atoms. The summed E-state index contributed by atoms with van der Waals surface area (Å²) in [6.07, 6.45) is 7.16. The highest BCUT2D eigenvalue weighted by Gasteiger charge is 2.13. The van der Waals surface area contributed by atoms with Gasteiger partial charge >= 0.3 is 6.03 Å². The molecule has 0 fully saturated rings. The number of rotatable bonds is 4. The maximum Gasteiger partial charge on any atom is 0.338 e. The van der Waals surface area contributed by atoms with Crippen LogP contribution in [0.3, 0.4) is 0 Å². The lowest BCUT2D eigenvalue weighted by atomic mass is 10.1. The van der Waals surface area contributed by atoms with E-state index in [-0.39, 0.29) is 6.54 Å². The Bertz CT molecular complexity index is 945. The van der Waals surface area contributed by atoms with Crippen LogP contribution in [0, 0.1) is 6.92 Å². The number of benzene rings is 1. The van der Waals surface area contributed by atoms with Crippen molar-refractivity contribution in [3.8, 4) is 11.3 Å². The molecular formula is C19H20N4O2. The second-order valence-electron chi connectivity index (χ2n) is 5.87. The van der Waals surface area contributed by atoms with Crippen LogP contribution < -0.4 is 5.73 Å². The SMILES string of the molecule is Cc1c(-c2cccnc2)n(C)c2ccc(C=CCN(O)C(N)=O)cc12. The van der Waals surface area contributed by atoms with E-state index in [1.165, 1.54) is 5.56 Å². The zero-order chi connectivity index (χ0) is 18.0. The Kier molecular flexibility index (Phi) is 4.54. The number of aromatic nitrogens is 2. The molecule has 2 amide bonds. The Morgan fingerprint density at radius 1 is 1.40 bits per heavy atom. The first kappa shape index (κ1) is 16.7. The minimum absolute atomic E-state index is 0.0437. The number of urea groups is 1. The van der Waals surface area contributed by atoms with Gasteiger partial charge < -0.3 is 10.3 Å². The molecule has 128 valence electrons. The molecule has 6 nitrogen and oxygen atoms in total. The molecule has 0 spiro atoms. The largest absolute Gasteiger partial charge is 0.350 e. The van der Waals surface area contributed by atoms with Gasteiger partial charge in [-0.25, -0.2) is 9.86 Å². The van der Waals surface area contributed by atoms with Crippen molar-refractivity contribution < 1.29 is 10.0 Å². The summed E-state index contributed by atoms with van der Waals surface area (Å²) in [6, 6.07) is 9.26. The highest BCUT2D eigenvalue weighted by molar-refractivity contribution is 5.92. The highest BCUT2D eigenvalue weighted by atomic mass is 16.5. The van der Waals surface area contributed by atoms with Crippen LogP contribution in [-0.2, 0) is 7.05 Å². The van der Waals surface area contributed by atoms with E-state index in [9.17, 15) is 10.0 Å². The Morgan fingerprint density at radius 2 is 2.20 bits per heavy atom. The van der Waals surface area contributed by atoms with Crippen molar-refractivity contribution in [1.29, 1.82) is 0 Å². The van der Waals surface area contributed by atoms with Crippen LogP contribution in [0.15, 0.2) is 48.8 Å². The number of carbonyl (C=O) groups is 1. The minimum atomic E-state index is -0.875. The van der Waals surface area contributed by atoms with Crippen molar-refractivity contribution in [3.05, 3.63) is 59.9 Å². The molecule has 0 radical (unpaired) electrons. The van der Waals surface area contributed by atoms with Gasteiger partial charge in [-0.3, -0.25) is 10.2 Å². The lowest BCUT2D eigenvalue weighted by molar-refractivity contribution is -0.0286. The molecule has 0 aliphatic carbocycles. The number of pyridine rings is 1. The Morgan fingerprint density at radius 3 is 2.88 bits per heavy atom. The van der Waals surface area contributed by atoms with Crippen molar-refractivity contribution in [2.45, 2.75) is 6.92 Å². The lowest BCUT2D eigenvalue weighted by Crippen LogP contribution is -2.32. The molecule has 0 unspecified atom stereocenters. The van der Waals surface area contributed by atoms with Crippen LogP contribution in [0.25, 0.3) is 28.2 Å². The monoisotopic (exact) mass is 336 g/mol. The maximum atomic E-state index is 10.8. The van der Waals surface area contributed by atoms with Crippen LogP contribution in [0.4, 0.5) is 4.79 Å². The van der Waals surface area contributed by atoms with Gasteiger partial charge in [0.15, 0.2) is 0 Å². The molecule has 2 heterocycles. The van der Waals surface area contributed by atoms with Gasteiger partial charge in [0.2, 0.25) is 0 Å². The third kappa shape index (κ3) is 3.25. The smallest absolute Gasteiger partial charge is 0.338 e. The van der Waals surface area contributed by atoms with E-state index in [2.05, 4.69) is 34.7 Å². The lowest BCUT2D eigenvalue weighted by Gasteiger charge is -2.07. The first-order valence-electron chi connectivity index (χ1n) is 7.91. The number of fused-ring (bicyclic) bond motifs is 1. The van der Waals surface area contributed by atoms with Gasteiger partial charge in [0, 0.05) is 35.9 Å². The summed E-state index contributed by atoms with van der Waals surface area (Å²) in [4.78, 5) is 15.0. The fraction of sp³-hybridized carbons (Fsp3) is 0.158. The van der Waals surface area contributed by atoms with E-state index in [0.29, 0.717) is 5.06 Å². The summed E-state index contributed by atoms with van der Waals surface area (Å²) in [5.41, 5.74) is 10.5. The average Bonchev–Trinajstić information content (AvgIpc) is 2.86. The molecule has 6 heteroatoms. The Labute approximate surface area is 145 Å². The second kappa shape index (κ2) is 6.78. The molecule has 0 aliphatic rings. The number of aryl methyl sites for hydroxylation is 2. The summed E-state index contributed by atoms with van der Waals surface area (Å²) >= 11 is 0. The zero-order valence-electron chi connectivity index (χ0n) is 14.2. The normalized spacial score (nSPS) is 11.3. The second-order valence-corrected chi connectivity index (χ2v) is 5.87. The minimum Gasteiger partial charge on any atom is -0.350 e. The number of primary amides is 1. The first-order valence-corrected chi connectivity index (χ1v) is 7.91. The molecule has 0 atom stereocenters. The van der Waals surface area contributed by atoms with Gasteiger partial charge in [-0.2, -0.15) is 0 Å². The van der Waals surface area contributed by atoms with Gasteiger partial charge in [0.05, 0.1) is 12.2 Å². The summed E-state index contributed by atoms with van der Waals surface area (Å²) in [7, 11) is 2.05. The molecule has 0 bridgehead atoms. The number of hydrogen-bond donors (Lipinski definition) is 2. The Hall–Kier alpha value is -3.12. The van der Waals surface area contributed by atoms with E-state index >= 15 is 0 Å². The van der Waals surface area contributed by atoms with Crippen molar-refractivity contribution in [3.63, 3.8) is 0 Å². The topological polar surface area (TPSA) is 84.4 Å². The van der Waals surface area contributed by atoms with Gasteiger partial charge in [-0.15, -0.1) is 0 Å². The van der Waals surface area contributed by atoms with Crippen molar-refractivity contribution in [2.75, 3.05) is 6.54 Å². The number of hydroxylamine groups is 2. The molecular weight excluding hydrogens is 316 g/mol. The highest BCUT2D eigenvalue weighted by Crippen LogP contribution is 2.32. The van der Waals surface area contributed by atoms with Crippen molar-refractivity contribution in [2.24, 2.45) is 12.8 Å². The van der Waals surface area contributed by atoms with Crippen molar-refractivity contribution >= 4 is 23.0 Å². The van der Waals surface area contributed by atoms with Gasteiger partial charge in [0.1, 0.15) is 0 Å². The van der Waals surface area contributed by atoms with Crippen molar-refractivity contribution in [1.82, 2.24) is 14.6 Å². The van der Waals surface area contributed by atoms with E-state index in [0.717, 1.165) is 27.7 Å². The summed E-state index contributed by atoms with van der Waals surface area (Å²) in [6.45, 7) is 2.14. The Balaban J connectivity index is 1.97. The van der Waals surface area contributed by atoms with Crippen LogP contribution in [0.2, 0.25) is 0 Å². The van der Waals surface area contributed by atoms with Crippen LogP contribution >= 0.6 is 0 Å². The molecule has 0 aliphatic heterocycles. The summed E-state index contributed by atoms with van der Waals surface area (Å²) < 4.78 is 2.16. The third-order valence-corrected chi connectivity index (χ3v) is 4.25. The summed E-state index contributed by atoms with van der Waals surface area (Å²) in [5, 5.41) is 10.9. The summed E-state index contributed by atoms with van der Waals surface area (Å²) in [5.74, 6) is 0. The number of carbonyl (C=O) groups excluding carboxylic acids is 1.